The lowest BCUT2D eigenvalue weighted by Crippen LogP contribution is -2.27. The third-order valence-electron chi connectivity index (χ3n) is 6.13. The minimum atomic E-state index is -0.251. The second-order valence-electron chi connectivity index (χ2n) is 9.28. The highest BCUT2D eigenvalue weighted by Crippen LogP contribution is 2.26. The summed E-state index contributed by atoms with van der Waals surface area (Å²) < 4.78 is 13.5. The molecule has 1 aromatic carbocycles. The molecule has 0 spiro atoms. The van der Waals surface area contributed by atoms with Gasteiger partial charge in [-0.3, -0.25) is 9.78 Å². The highest BCUT2D eigenvalue weighted by molar-refractivity contribution is 5.99. The molecule has 3 heterocycles. The zero-order valence-electron chi connectivity index (χ0n) is 20.4. The van der Waals surface area contributed by atoms with Crippen molar-refractivity contribution >= 4 is 17.5 Å². The van der Waals surface area contributed by atoms with Gasteiger partial charge < -0.3 is 20.4 Å². The SMILES string of the molecule is CN(C)C[C@@H]1CCN(c2ccc(C(=O)NCc3cccnc3)c(NCCc3cccc(F)c3)n2)C1. The van der Waals surface area contributed by atoms with Crippen LogP contribution in [0, 0.1) is 11.7 Å². The van der Waals surface area contributed by atoms with Gasteiger partial charge in [0.15, 0.2) is 0 Å². The van der Waals surface area contributed by atoms with E-state index >= 15 is 0 Å². The number of nitrogens with one attached hydrogen (secondary N) is 2. The molecule has 0 aliphatic carbocycles. The summed E-state index contributed by atoms with van der Waals surface area (Å²) >= 11 is 0. The first-order chi connectivity index (χ1) is 17.0. The average molecular weight is 477 g/mol. The average Bonchev–Trinajstić information content (AvgIpc) is 3.31. The van der Waals surface area contributed by atoms with Crippen LogP contribution in [0.1, 0.15) is 27.9 Å². The second-order valence-corrected chi connectivity index (χ2v) is 9.28. The lowest BCUT2D eigenvalue weighted by atomic mass is 10.1. The van der Waals surface area contributed by atoms with E-state index in [1.807, 2.05) is 30.3 Å². The van der Waals surface area contributed by atoms with Crippen LogP contribution < -0.4 is 15.5 Å². The van der Waals surface area contributed by atoms with Gasteiger partial charge in [0.1, 0.15) is 17.5 Å². The molecule has 35 heavy (non-hydrogen) atoms. The predicted octanol–water partition coefficient (Wildman–Crippen LogP) is 3.59. The van der Waals surface area contributed by atoms with Gasteiger partial charge in [0.25, 0.3) is 5.91 Å². The summed E-state index contributed by atoms with van der Waals surface area (Å²) in [7, 11) is 4.20. The quantitative estimate of drug-likeness (QED) is 0.466. The molecule has 0 radical (unpaired) electrons. The summed E-state index contributed by atoms with van der Waals surface area (Å²) in [5, 5.41) is 6.29. The number of amides is 1. The van der Waals surface area contributed by atoms with E-state index in [-0.39, 0.29) is 11.7 Å². The van der Waals surface area contributed by atoms with Gasteiger partial charge in [0.05, 0.1) is 5.56 Å². The van der Waals surface area contributed by atoms with Crippen LogP contribution >= 0.6 is 0 Å². The van der Waals surface area contributed by atoms with Crippen molar-refractivity contribution in [3.8, 4) is 0 Å². The lowest BCUT2D eigenvalue weighted by Gasteiger charge is -2.21. The zero-order valence-corrected chi connectivity index (χ0v) is 20.4. The summed E-state index contributed by atoms with van der Waals surface area (Å²) in [4.78, 5) is 26.5. The van der Waals surface area contributed by atoms with E-state index in [0.29, 0.717) is 36.8 Å². The number of carbonyl (C=O) groups excluding carboxylic acids is 1. The fourth-order valence-corrected chi connectivity index (χ4v) is 4.45. The van der Waals surface area contributed by atoms with Gasteiger partial charge >= 0.3 is 0 Å². The Hall–Kier alpha value is -3.52. The standard InChI is InChI=1S/C27H33FN6O/c1-33(2)18-22-11-14-34(19-22)25-9-8-24(27(35)31-17-21-6-4-12-29-16-21)26(32-25)30-13-10-20-5-3-7-23(28)15-20/h3-9,12,15-16,22H,10-11,13-14,17-19H2,1-2H3,(H,30,32)(H,31,35)/t22-/m0/s1. The summed E-state index contributed by atoms with van der Waals surface area (Å²) in [6, 6.07) is 14.1. The molecule has 1 saturated heterocycles. The van der Waals surface area contributed by atoms with Crippen molar-refractivity contribution in [3.63, 3.8) is 0 Å². The number of hydrogen-bond acceptors (Lipinski definition) is 6. The summed E-state index contributed by atoms with van der Waals surface area (Å²) in [5.41, 5.74) is 2.30. The van der Waals surface area contributed by atoms with Crippen LogP contribution in [-0.2, 0) is 13.0 Å². The molecule has 0 unspecified atom stereocenters. The topological polar surface area (TPSA) is 73.4 Å². The van der Waals surface area contributed by atoms with Crippen LogP contribution in [0.15, 0.2) is 60.9 Å². The maximum absolute atomic E-state index is 13.5. The molecule has 7 nitrogen and oxygen atoms in total. The molecule has 8 heteroatoms. The van der Waals surface area contributed by atoms with Crippen molar-refractivity contribution in [3.05, 3.63) is 83.4 Å². The molecule has 1 fully saturated rings. The molecule has 184 valence electrons. The number of hydrogen-bond donors (Lipinski definition) is 2. The van der Waals surface area contributed by atoms with Crippen molar-refractivity contribution in [2.45, 2.75) is 19.4 Å². The van der Waals surface area contributed by atoms with E-state index in [2.05, 4.69) is 39.5 Å². The molecule has 4 rings (SSSR count). The molecule has 1 atom stereocenters. The molecule has 1 aliphatic heterocycles. The van der Waals surface area contributed by atoms with E-state index in [9.17, 15) is 9.18 Å². The molecule has 3 aromatic rings. The molecule has 0 bridgehead atoms. The summed E-state index contributed by atoms with van der Waals surface area (Å²) in [6.07, 6.45) is 5.18. The third kappa shape index (κ3) is 6.99. The van der Waals surface area contributed by atoms with Gasteiger partial charge in [-0.25, -0.2) is 9.37 Å². The van der Waals surface area contributed by atoms with Gasteiger partial charge in [0, 0.05) is 45.1 Å². The number of halogens is 1. The highest BCUT2D eigenvalue weighted by Gasteiger charge is 2.25. The van der Waals surface area contributed by atoms with Crippen molar-refractivity contribution in [1.29, 1.82) is 0 Å². The van der Waals surface area contributed by atoms with E-state index in [1.54, 1.807) is 18.5 Å². The first-order valence-electron chi connectivity index (χ1n) is 12.0. The lowest BCUT2D eigenvalue weighted by molar-refractivity contribution is 0.0951. The zero-order chi connectivity index (χ0) is 24.6. The van der Waals surface area contributed by atoms with Gasteiger partial charge in [-0.2, -0.15) is 0 Å². The van der Waals surface area contributed by atoms with Crippen molar-refractivity contribution < 1.29 is 9.18 Å². The van der Waals surface area contributed by atoms with Crippen LogP contribution in [0.3, 0.4) is 0 Å². The number of pyridine rings is 2. The van der Waals surface area contributed by atoms with E-state index in [4.69, 9.17) is 4.98 Å². The predicted molar refractivity (Wildman–Crippen MR) is 137 cm³/mol. The largest absolute Gasteiger partial charge is 0.369 e. The van der Waals surface area contributed by atoms with Gasteiger partial charge in [-0.1, -0.05) is 18.2 Å². The number of nitrogens with zero attached hydrogens (tertiary/aromatic N) is 4. The second kappa shape index (κ2) is 11.8. The Morgan fingerprint density at radius 2 is 2.03 bits per heavy atom. The van der Waals surface area contributed by atoms with Crippen LogP contribution in [0.5, 0.6) is 0 Å². The van der Waals surface area contributed by atoms with Crippen molar-refractivity contribution in [1.82, 2.24) is 20.2 Å². The molecular formula is C27H33FN6O. The molecule has 0 saturated carbocycles. The maximum atomic E-state index is 13.5. The van der Waals surface area contributed by atoms with E-state index in [1.165, 1.54) is 12.1 Å². The minimum absolute atomic E-state index is 0.201. The molecule has 2 N–H and O–H groups in total. The fraction of sp³-hybridized carbons (Fsp3) is 0.370. The molecular weight excluding hydrogens is 443 g/mol. The van der Waals surface area contributed by atoms with Gasteiger partial charge in [-0.05, 0) is 74.3 Å². The minimum Gasteiger partial charge on any atom is -0.369 e. The van der Waals surface area contributed by atoms with Crippen LogP contribution in [-0.4, -0.2) is 61.0 Å². The monoisotopic (exact) mass is 476 g/mol. The van der Waals surface area contributed by atoms with E-state index in [0.717, 1.165) is 43.0 Å². The van der Waals surface area contributed by atoms with Crippen molar-refractivity contribution in [2.24, 2.45) is 5.92 Å². The van der Waals surface area contributed by atoms with Crippen molar-refractivity contribution in [2.75, 3.05) is 50.5 Å². The summed E-state index contributed by atoms with van der Waals surface area (Å²) in [6.45, 7) is 3.85. The first kappa shape index (κ1) is 24.6. The Kier molecular flexibility index (Phi) is 8.26. The van der Waals surface area contributed by atoms with Crippen LogP contribution in [0.2, 0.25) is 0 Å². The normalized spacial score (nSPS) is 15.4. The third-order valence-corrected chi connectivity index (χ3v) is 6.13. The molecule has 1 aliphatic rings. The Morgan fingerprint density at radius 3 is 2.80 bits per heavy atom. The number of rotatable bonds is 10. The van der Waals surface area contributed by atoms with Crippen LogP contribution in [0.25, 0.3) is 0 Å². The van der Waals surface area contributed by atoms with Gasteiger partial charge in [0.2, 0.25) is 0 Å². The smallest absolute Gasteiger partial charge is 0.255 e. The number of anilines is 2. The van der Waals surface area contributed by atoms with Crippen LogP contribution in [0.4, 0.5) is 16.0 Å². The highest BCUT2D eigenvalue weighted by atomic mass is 19.1. The fourth-order valence-electron chi connectivity index (χ4n) is 4.45. The summed E-state index contributed by atoms with van der Waals surface area (Å²) in [5.74, 6) is 1.55. The Morgan fingerprint density at radius 1 is 1.17 bits per heavy atom. The molecule has 2 aromatic heterocycles. The Bertz CT molecular complexity index is 1120. The maximum Gasteiger partial charge on any atom is 0.255 e. The first-order valence-corrected chi connectivity index (χ1v) is 12.0. The number of benzene rings is 1. The number of aromatic nitrogens is 2. The Labute approximate surface area is 206 Å². The van der Waals surface area contributed by atoms with Gasteiger partial charge in [-0.15, -0.1) is 0 Å². The Balaban J connectivity index is 1.48. The molecule has 1 amide bonds. The van der Waals surface area contributed by atoms with E-state index < -0.39 is 0 Å². The number of carbonyl (C=O) groups is 1.